The van der Waals surface area contributed by atoms with Crippen LogP contribution in [0, 0.1) is 11.3 Å². The quantitative estimate of drug-likeness (QED) is 0.667. The fraction of sp³-hybridized carbons (Fsp3) is 1.00. The molecule has 0 spiro atoms. The molecule has 0 aromatic rings. The minimum Gasteiger partial charge on any atom is -0.316 e. The first-order valence-electron chi connectivity index (χ1n) is 8.06. The predicted octanol–water partition coefficient (Wildman–Crippen LogP) is 3.52. The lowest BCUT2D eigenvalue weighted by Gasteiger charge is -2.39. The predicted molar refractivity (Wildman–Crippen MR) is 81.0 cm³/mol. The summed E-state index contributed by atoms with van der Waals surface area (Å²) >= 11 is 0. The van der Waals surface area contributed by atoms with Gasteiger partial charge in [0.1, 0.15) is 0 Å². The van der Waals surface area contributed by atoms with Crippen molar-refractivity contribution in [2.45, 2.75) is 59.8 Å². The summed E-state index contributed by atoms with van der Waals surface area (Å²) in [5.74, 6) is 0.948. The fourth-order valence-electron chi connectivity index (χ4n) is 3.03. The third kappa shape index (κ3) is 5.27. The molecule has 1 heterocycles. The zero-order chi connectivity index (χ0) is 13.4. The summed E-state index contributed by atoms with van der Waals surface area (Å²) in [5, 5.41) is 3.61. The maximum atomic E-state index is 3.61. The Bertz CT molecular complexity index is 217. The Morgan fingerprint density at radius 2 is 2.06 bits per heavy atom. The van der Waals surface area contributed by atoms with E-state index in [1.54, 1.807) is 0 Å². The summed E-state index contributed by atoms with van der Waals surface area (Å²) in [4.78, 5) is 2.72. The lowest BCUT2D eigenvalue weighted by atomic mass is 9.85. The van der Waals surface area contributed by atoms with Crippen LogP contribution in [-0.2, 0) is 0 Å². The van der Waals surface area contributed by atoms with Crippen molar-refractivity contribution in [2.24, 2.45) is 11.3 Å². The van der Waals surface area contributed by atoms with Gasteiger partial charge < -0.3 is 10.2 Å². The first kappa shape index (κ1) is 16.0. The molecule has 0 bridgehead atoms. The monoisotopic (exact) mass is 254 g/mol. The molecule has 1 N–H and O–H groups in total. The fourth-order valence-corrected chi connectivity index (χ4v) is 3.03. The van der Waals surface area contributed by atoms with E-state index < -0.39 is 0 Å². The third-order valence-electron chi connectivity index (χ3n) is 4.62. The highest BCUT2D eigenvalue weighted by molar-refractivity contribution is 4.82. The molecule has 1 fully saturated rings. The molecule has 18 heavy (non-hydrogen) atoms. The van der Waals surface area contributed by atoms with Crippen LogP contribution in [0.15, 0.2) is 0 Å². The Kier molecular flexibility index (Phi) is 7.25. The van der Waals surface area contributed by atoms with Crippen LogP contribution in [-0.4, -0.2) is 37.6 Å². The molecule has 108 valence electrons. The van der Waals surface area contributed by atoms with E-state index in [9.17, 15) is 0 Å². The number of hydrogen-bond donors (Lipinski definition) is 1. The van der Waals surface area contributed by atoms with Crippen molar-refractivity contribution in [3.63, 3.8) is 0 Å². The van der Waals surface area contributed by atoms with Gasteiger partial charge in [0.2, 0.25) is 0 Å². The van der Waals surface area contributed by atoms with Crippen LogP contribution >= 0.6 is 0 Å². The molecule has 1 rings (SSSR count). The number of nitrogens with one attached hydrogen (secondary N) is 1. The van der Waals surface area contributed by atoms with Crippen molar-refractivity contribution in [3.8, 4) is 0 Å². The van der Waals surface area contributed by atoms with E-state index in [1.165, 1.54) is 58.3 Å². The molecule has 2 unspecified atom stereocenters. The average Bonchev–Trinajstić information content (AvgIpc) is 2.39. The van der Waals surface area contributed by atoms with Crippen molar-refractivity contribution in [1.82, 2.24) is 10.2 Å². The van der Waals surface area contributed by atoms with E-state index in [4.69, 9.17) is 0 Å². The van der Waals surface area contributed by atoms with Crippen molar-refractivity contribution in [1.29, 1.82) is 0 Å². The van der Waals surface area contributed by atoms with Crippen LogP contribution in [0.2, 0.25) is 0 Å². The Morgan fingerprint density at radius 1 is 1.28 bits per heavy atom. The van der Waals surface area contributed by atoms with E-state index in [2.05, 4.69) is 37.9 Å². The summed E-state index contributed by atoms with van der Waals surface area (Å²) in [6, 6.07) is 0. The van der Waals surface area contributed by atoms with Gasteiger partial charge in [-0.1, -0.05) is 34.1 Å². The summed E-state index contributed by atoms with van der Waals surface area (Å²) in [6.45, 7) is 15.6. The molecule has 1 saturated heterocycles. The molecule has 2 heteroatoms. The number of nitrogens with zero attached hydrogens (tertiary/aromatic N) is 1. The van der Waals surface area contributed by atoms with Gasteiger partial charge in [-0.25, -0.2) is 0 Å². The van der Waals surface area contributed by atoms with Gasteiger partial charge in [-0.05, 0) is 50.1 Å². The molecular formula is C16H34N2. The highest BCUT2D eigenvalue weighted by atomic mass is 15.1. The van der Waals surface area contributed by atoms with E-state index in [-0.39, 0.29) is 0 Å². The molecule has 0 amide bonds. The molecule has 1 aliphatic rings. The highest BCUT2D eigenvalue weighted by Gasteiger charge is 2.27. The van der Waals surface area contributed by atoms with Gasteiger partial charge >= 0.3 is 0 Å². The number of likely N-dealkylation sites (tertiary alicyclic amines) is 1. The number of rotatable bonds is 8. The summed E-state index contributed by atoms with van der Waals surface area (Å²) in [6.07, 6.45) is 6.72. The topological polar surface area (TPSA) is 15.3 Å². The number of hydrogen-bond acceptors (Lipinski definition) is 2. The second kappa shape index (κ2) is 8.16. The van der Waals surface area contributed by atoms with Crippen LogP contribution in [0.3, 0.4) is 0 Å². The first-order chi connectivity index (χ1) is 8.63. The Labute approximate surface area is 115 Å². The van der Waals surface area contributed by atoms with Crippen LogP contribution in [0.1, 0.15) is 59.8 Å². The van der Waals surface area contributed by atoms with Crippen LogP contribution in [0.25, 0.3) is 0 Å². The van der Waals surface area contributed by atoms with E-state index in [0.717, 1.165) is 12.5 Å². The standard InChI is InChI=1S/C16H34N2/c1-5-10-17-13-16(4,7-3)14-18-11-8-9-15(6-2)12-18/h15,17H,5-14H2,1-4H3. The minimum atomic E-state index is 0.449. The molecule has 0 aromatic carbocycles. The zero-order valence-electron chi connectivity index (χ0n) is 13.1. The lowest BCUT2D eigenvalue weighted by Crippen LogP contribution is -2.45. The summed E-state index contributed by atoms with van der Waals surface area (Å²) < 4.78 is 0. The van der Waals surface area contributed by atoms with E-state index in [0.29, 0.717) is 5.41 Å². The van der Waals surface area contributed by atoms with Crippen molar-refractivity contribution < 1.29 is 0 Å². The lowest BCUT2D eigenvalue weighted by molar-refractivity contribution is 0.106. The molecule has 0 aromatic heterocycles. The van der Waals surface area contributed by atoms with Gasteiger partial charge in [-0.3, -0.25) is 0 Å². The van der Waals surface area contributed by atoms with Crippen molar-refractivity contribution in [2.75, 3.05) is 32.7 Å². The van der Waals surface area contributed by atoms with Gasteiger partial charge in [0.15, 0.2) is 0 Å². The molecule has 0 radical (unpaired) electrons. The largest absolute Gasteiger partial charge is 0.316 e. The van der Waals surface area contributed by atoms with Crippen LogP contribution in [0.4, 0.5) is 0 Å². The Morgan fingerprint density at radius 3 is 2.67 bits per heavy atom. The maximum absolute atomic E-state index is 3.61. The van der Waals surface area contributed by atoms with Crippen LogP contribution < -0.4 is 5.32 Å². The SMILES string of the molecule is CCCNCC(C)(CC)CN1CCCC(CC)C1. The average molecular weight is 254 g/mol. The highest BCUT2D eigenvalue weighted by Crippen LogP contribution is 2.26. The molecule has 0 aliphatic carbocycles. The first-order valence-corrected chi connectivity index (χ1v) is 8.06. The Balaban J connectivity index is 2.40. The summed E-state index contributed by atoms with van der Waals surface area (Å²) in [5.41, 5.74) is 0.449. The molecular weight excluding hydrogens is 220 g/mol. The summed E-state index contributed by atoms with van der Waals surface area (Å²) in [7, 11) is 0. The molecule has 2 nitrogen and oxygen atoms in total. The molecule has 1 aliphatic heterocycles. The van der Waals surface area contributed by atoms with Gasteiger partial charge in [-0.2, -0.15) is 0 Å². The second-order valence-electron chi connectivity index (χ2n) is 6.49. The smallest absolute Gasteiger partial charge is 0.00475 e. The van der Waals surface area contributed by atoms with E-state index in [1.807, 2.05) is 0 Å². The van der Waals surface area contributed by atoms with Crippen molar-refractivity contribution in [3.05, 3.63) is 0 Å². The van der Waals surface area contributed by atoms with Gasteiger partial charge in [0.25, 0.3) is 0 Å². The Hall–Kier alpha value is -0.0800. The minimum absolute atomic E-state index is 0.449. The normalized spacial score (nSPS) is 25.0. The van der Waals surface area contributed by atoms with Gasteiger partial charge in [-0.15, -0.1) is 0 Å². The van der Waals surface area contributed by atoms with Crippen molar-refractivity contribution >= 4 is 0 Å². The second-order valence-corrected chi connectivity index (χ2v) is 6.49. The van der Waals surface area contributed by atoms with E-state index >= 15 is 0 Å². The molecule has 0 saturated carbocycles. The molecule has 2 atom stereocenters. The van der Waals surface area contributed by atoms with Gasteiger partial charge in [0.05, 0.1) is 0 Å². The third-order valence-corrected chi connectivity index (χ3v) is 4.62. The van der Waals surface area contributed by atoms with Gasteiger partial charge in [0, 0.05) is 19.6 Å². The zero-order valence-corrected chi connectivity index (χ0v) is 13.1. The maximum Gasteiger partial charge on any atom is 0.00475 e. The van der Waals surface area contributed by atoms with Crippen LogP contribution in [0.5, 0.6) is 0 Å². The number of piperidine rings is 1.